The van der Waals surface area contributed by atoms with E-state index >= 15 is 0 Å². The van der Waals surface area contributed by atoms with Gasteiger partial charge in [0.05, 0.1) is 12.7 Å². The van der Waals surface area contributed by atoms with Crippen LogP contribution in [0.5, 0.6) is 0 Å². The smallest absolute Gasteiger partial charge is 0.341 e. The molecule has 160 valence electrons. The van der Waals surface area contributed by atoms with Crippen LogP contribution < -0.4 is 5.32 Å². The van der Waals surface area contributed by atoms with Crippen molar-refractivity contribution in [3.8, 4) is 0 Å². The summed E-state index contributed by atoms with van der Waals surface area (Å²) in [5, 5.41) is 5.17. The van der Waals surface area contributed by atoms with Gasteiger partial charge in [0.25, 0.3) is 0 Å². The molecule has 0 atom stereocenters. The molecule has 1 aromatic carbocycles. The zero-order valence-electron chi connectivity index (χ0n) is 16.7. The summed E-state index contributed by atoms with van der Waals surface area (Å²) < 4.78 is 18.3. The number of methoxy groups -OCH3 is 1. The van der Waals surface area contributed by atoms with Gasteiger partial charge >= 0.3 is 5.97 Å². The van der Waals surface area contributed by atoms with E-state index < -0.39 is 0 Å². The lowest BCUT2D eigenvalue weighted by Gasteiger charge is -2.36. The van der Waals surface area contributed by atoms with E-state index in [1.807, 2.05) is 0 Å². The van der Waals surface area contributed by atoms with Crippen molar-refractivity contribution in [2.45, 2.75) is 25.8 Å². The molecule has 2 heterocycles. The van der Waals surface area contributed by atoms with Crippen LogP contribution in [0.1, 0.15) is 32.8 Å². The van der Waals surface area contributed by atoms with Crippen LogP contribution >= 0.6 is 35.2 Å². The van der Waals surface area contributed by atoms with Gasteiger partial charge in [0, 0.05) is 42.6 Å². The third-order valence-corrected chi connectivity index (χ3v) is 7.52. The number of rotatable bonds is 4. The summed E-state index contributed by atoms with van der Waals surface area (Å²) in [5.41, 5.74) is 2.67. The maximum Gasteiger partial charge on any atom is 0.341 e. The second kappa shape index (κ2) is 9.18. The molecule has 5 nitrogen and oxygen atoms in total. The van der Waals surface area contributed by atoms with Crippen LogP contribution in [0.2, 0.25) is 5.02 Å². The topological polar surface area (TPSA) is 44.8 Å². The molecule has 2 aliphatic rings. The van der Waals surface area contributed by atoms with Crippen LogP contribution in [-0.2, 0) is 24.1 Å². The number of nitrogens with one attached hydrogen (secondary N) is 1. The number of thiocarbonyl (C=S) groups is 1. The lowest BCUT2D eigenvalue weighted by atomic mass is 10.1. The highest BCUT2D eigenvalue weighted by atomic mass is 35.5. The minimum absolute atomic E-state index is 0.305. The first kappa shape index (κ1) is 21.5. The van der Waals surface area contributed by atoms with Gasteiger partial charge < -0.3 is 15.0 Å². The number of benzene rings is 1. The maximum atomic E-state index is 13.2. The first-order valence-electron chi connectivity index (χ1n) is 9.91. The second-order valence-electron chi connectivity index (χ2n) is 7.48. The van der Waals surface area contributed by atoms with Crippen molar-refractivity contribution in [2.24, 2.45) is 0 Å². The van der Waals surface area contributed by atoms with Crippen molar-refractivity contribution in [3.05, 3.63) is 50.6 Å². The SMILES string of the molecule is COC(=O)c1c(NC(=S)N2CCN(Cc3ccc(F)cc3Cl)CC2)sc2c1CCC2. The lowest BCUT2D eigenvalue weighted by Crippen LogP contribution is -2.49. The Morgan fingerprint density at radius 1 is 1.30 bits per heavy atom. The molecule has 0 unspecified atom stereocenters. The Labute approximate surface area is 189 Å². The highest BCUT2D eigenvalue weighted by Gasteiger charge is 2.28. The number of aryl methyl sites for hydroxylation is 1. The van der Waals surface area contributed by atoms with E-state index in [1.165, 1.54) is 24.1 Å². The molecule has 0 bridgehead atoms. The van der Waals surface area contributed by atoms with Crippen LogP contribution in [0.15, 0.2) is 18.2 Å². The number of thiophene rings is 1. The molecule has 9 heteroatoms. The van der Waals surface area contributed by atoms with Gasteiger partial charge in [-0.15, -0.1) is 11.3 Å². The van der Waals surface area contributed by atoms with Gasteiger partial charge in [-0.3, -0.25) is 4.90 Å². The number of esters is 1. The molecule has 4 rings (SSSR count). The summed E-state index contributed by atoms with van der Waals surface area (Å²) in [7, 11) is 1.41. The van der Waals surface area contributed by atoms with Crippen LogP contribution in [0.3, 0.4) is 0 Å². The lowest BCUT2D eigenvalue weighted by molar-refractivity contribution is 0.0601. The minimum Gasteiger partial charge on any atom is -0.465 e. The van der Waals surface area contributed by atoms with E-state index in [1.54, 1.807) is 17.4 Å². The molecule has 0 spiro atoms. The van der Waals surface area contributed by atoms with Gasteiger partial charge in [-0.2, -0.15) is 0 Å². The summed E-state index contributed by atoms with van der Waals surface area (Å²) in [6.07, 6.45) is 2.99. The quantitative estimate of drug-likeness (QED) is 0.533. The summed E-state index contributed by atoms with van der Waals surface area (Å²) in [6.45, 7) is 3.85. The fraction of sp³-hybridized carbons (Fsp3) is 0.429. The third kappa shape index (κ3) is 4.46. The molecule has 0 amide bonds. The van der Waals surface area contributed by atoms with Crippen molar-refractivity contribution in [1.29, 1.82) is 0 Å². The Morgan fingerprint density at radius 2 is 2.07 bits per heavy atom. The predicted molar refractivity (Wildman–Crippen MR) is 122 cm³/mol. The molecule has 30 heavy (non-hydrogen) atoms. The first-order chi connectivity index (χ1) is 14.5. The maximum absolute atomic E-state index is 13.2. The predicted octanol–water partition coefficient (Wildman–Crippen LogP) is 4.33. The number of piperazine rings is 1. The molecular formula is C21H23ClFN3O2S2. The molecule has 1 aromatic heterocycles. The molecular weight excluding hydrogens is 445 g/mol. The number of hydrogen-bond donors (Lipinski definition) is 1. The van der Waals surface area contributed by atoms with Gasteiger partial charge in [-0.25, -0.2) is 9.18 Å². The average molecular weight is 468 g/mol. The van der Waals surface area contributed by atoms with Crippen molar-refractivity contribution in [2.75, 3.05) is 38.6 Å². The number of ether oxygens (including phenoxy) is 1. The van der Waals surface area contributed by atoms with E-state index in [-0.39, 0.29) is 11.8 Å². The molecule has 1 N–H and O–H groups in total. The van der Waals surface area contributed by atoms with Gasteiger partial charge in [0.1, 0.15) is 10.8 Å². The van der Waals surface area contributed by atoms with Crippen molar-refractivity contribution in [1.82, 2.24) is 9.80 Å². The Bertz CT molecular complexity index is 973. The number of halogens is 2. The van der Waals surface area contributed by atoms with E-state index in [0.717, 1.165) is 61.6 Å². The van der Waals surface area contributed by atoms with Crippen LogP contribution in [0.25, 0.3) is 0 Å². The summed E-state index contributed by atoms with van der Waals surface area (Å²) in [4.78, 5) is 18.0. The van der Waals surface area contributed by atoms with Gasteiger partial charge in [-0.05, 0) is 54.7 Å². The molecule has 1 aliphatic carbocycles. The Morgan fingerprint density at radius 3 is 2.77 bits per heavy atom. The largest absolute Gasteiger partial charge is 0.465 e. The fourth-order valence-electron chi connectivity index (χ4n) is 3.99. The summed E-state index contributed by atoms with van der Waals surface area (Å²) in [6, 6.07) is 4.53. The number of hydrogen-bond acceptors (Lipinski definition) is 5. The summed E-state index contributed by atoms with van der Waals surface area (Å²) >= 11 is 13.4. The zero-order chi connectivity index (χ0) is 21.3. The second-order valence-corrected chi connectivity index (χ2v) is 9.38. The van der Waals surface area contributed by atoms with E-state index in [9.17, 15) is 9.18 Å². The number of nitrogens with zero attached hydrogens (tertiary/aromatic N) is 2. The Hall–Kier alpha value is -1.74. The third-order valence-electron chi connectivity index (χ3n) is 5.60. The molecule has 0 saturated carbocycles. The number of anilines is 1. The average Bonchev–Trinajstić information content (AvgIpc) is 3.31. The van der Waals surface area contributed by atoms with Crippen molar-refractivity contribution in [3.63, 3.8) is 0 Å². The van der Waals surface area contributed by atoms with E-state index in [0.29, 0.717) is 22.2 Å². The van der Waals surface area contributed by atoms with E-state index in [4.69, 9.17) is 28.6 Å². The first-order valence-corrected chi connectivity index (χ1v) is 11.5. The van der Waals surface area contributed by atoms with Gasteiger partial charge in [0.2, 0.25) is 0 Å². The van der Waals surface area contributed by atoms with E-state index in [2.05, 4.69) is 15.1 Å². The Kier molecular flexibility index (Phi) is 6.57. The van der Waals surface area contributed by atoms with Gasteiger partial charge in [-0.1, -0.05) is 17.7 Å². The van der Waals surface area contributed by atoms with Crippen LogP contribution in [0.4, 0.5) is 9.39 Å². The Balaban J connectivity index is 1.37. The molecule has 1 aliphatic heterocycles. The molecule has 2 aromatic rings. The number of carbonyl (C=O) groups is 1. The molecule has 1 saturated heterocycles. The van der Waals surface area contributed by atoms with Gasteiger partial charge in [0.15, 0.2) is 5.11 Å². The van der Waals surface area contributed by atoms with Crippen LogP contribution in [-0.4, -0.2) is 54.2 Å². The minimum atomic E-state index is -0.323. The normalized spacial score (nSPS) is 16.4. The van der Waals surface area contributed by atoms with Crippen molar-refractivity contribution >= 4 is 51.2 Å². The monoisotopic (exact) mass is 467 g/mol. The van der Waals surface area contributed by atoms with Crippen LogP contribution in [0, 0.1) is 5.82 Å². The summed E-state index contributed by atoms with van der Waals surface area (Å²) in [5.74, 6) is -0.628. The fourth-order valence-corrected chi connectivity index (χ4v) is 5.84. The van der Waals surface area contributed by atoms with Crippen molar-refractivity contribution < 1.29 is 13.9 Å². The highest BCUT2D eigenvalue weighted by molar-refractivity contribution is 7.80. The number of fused-ring (bicyclic) bond motifs is 1. The standard InChI is InChI=1S/C21H23ClFN3O2S2/c1-28-20(27)18-15-3-2-4-17(15)30-19(18)24-21(29)26-9-7-25(8-10-26)12-13-5-6-14(23)11-16(13)22/h5-6,11H,2-4,7-10,12H2,1H3,(H,24,29). The molecule has 1 fully saturated rings. The number of carbonyl (C=O) groups excluding carboxylic acids is 1. The molecule has 0 radical (unpaired) electrons. The zero-order valence-corrected chi connectivity index (χ0v) is 19.1. The highest BCUT2D eigenvalue weighted by Crippen LogP contribution is 2.39.